The lowest BCUT2D eigenvalue weighted by Gasteiger charge is -2.10. The molecule has 0 saturated heterocycles. The van der Waals surface area contributed by atoms with Crippen molar-refractivity contribution in [1.82, 2.24) is 9.38 Å². The fourth-order valence-corrected chi connectivity index (χ4v) is 5.34. The van der Waals surface area contributed by atoms with Gasteiger partial charge in [0, 0.05) is 11.3 Å². The van der Waals surface area contributed by atoms with Crippen molar-refractivity contribution in [3.8, 4) is 11.3 Å². The molecule has 5 aromatic rings. The van der Waals surface area contributed by atoms with Crippen molar-refractivity contribution in [3.63, 3.8) is 0 Å². The van der Waals surface area contributed by atoms with Crippen LogP contribution in [0.25, 0.3) is 27.7 Å². The number of fused-ring (bicyclic) bond motifs is 2. The molecule has 2 heterocycles. The second-order valence-electron chi connectivity index (χ2n) is 7.00. The van der Waals surface area contributed by atoms with Crippen LogP contribution in [-0.2, 0) is 9.84 Å². The summed E-state index contributed by atoms with van der Waals surface area (Å²) in [5.41, 5.74) is 2.68. The Morgan fingerprint density at radius 1 is 0.759 bits per heavy atom. The minimum atomic E-state index is -3.78. The summed E-state index contributed by atoms with van der Waals surface area (Å²) in [4.78, 5) is 4.98. The molecule has 4 nitrogen and oxygen atoms in total. The normalized spacial score (nSPS) is 11.9. The molecule has 0 bridgehead atoms. The zero-order valence-corrected chi connectivity index (χ0v) is 16.6. The van der Waals surface area contributed by atoms with Gasteiger partial charge in [0.15, 0.2) is 5.03 Å². The smallest absolute Gasteiger partial charge is 0.224 e. The second-order valence-corrected chi connectivity index (χ2v) is 8.87. The number of rotatable bonds is 3. The highest BCUT2D eigenvalue weighted by Crippen LogP contribution is 2.34. The fraction of sp³-hybridized carbons (Fsp3) is 0.0417. The highest BCUT2D eigenvalue weighted by atomic mass is 32.2. The Bertz CT molecular complexity index is 1470. The van der Waals surface area contributed by atoms with Crippen molar-refractivity contribution < 1.29 is 8.42 Å². The van der Waals surface area contributed by atoms with Crippen LogP contribution in [0.3, 0.4) is 0 Å². The standard InChI is InChI=1S/C24H18N2O2S/c1-17-8-7-13-22-25-23(20-15-14-18-9-5-6-10-19(18)16-20)24(26(17)22)29(27,28)21-11-3-2-4-12-21/h2-16H,1H3. The molecule has 0 aliphatic carbocycles. The molecule has 0 amide bonds. The van der Waals surface area contributed by atoms with Gasteiger partial charge in [-0.05, 0) is 48.0 Å². The van der Waals surface area contributed by atoms with E-state index in [1.807, 2.05) is 73.7 Å². The van der Waals surface area contributed by atoms with E-state index in [2.05, 4.69) is 0 Å². The van der Waals surface area contributed by atoms with Gasteiger partial charge in [-0.1, -0.05) is 60.7 Å². The summed E-state index contributed by atoms with van der Waals surface area (Å²) in [6, 6.07) is 28.1. The largest absolute Gasteiger partial charge is 0.287 e. The molecule has 0 saturated carbocycles. The number of aromatic nitrogens is 2. The number of nitrogens with zero attached hydrogens (tertiary/aromatic N) is 2. The monoisotopic (exact) mass is 398 g/mol. The summed E-state index contributed by atoms with van der Waals surface area (Å²) in [6.07, 6.45) is 0. The molecule has 142 valence electrons. The van der Waals surface area contributed by atoms with E-state index in [9.17, 15) is 8.42 Å². The van der Waals surface area contributed by atoms with Gasteiger partial charge in [-0.15, -0.1) is 0 Å². The quantitative estimate of drug-likeness (QED) is 0.415. The Balaban J connectivity index is 1.87. The van der Waals surface area contributed by atoms with Gasteiger partial charge in [-0.3, -0.25) is 4.40 Å². The average molecular weight is 398 g/mol. The van der Waals surface area contributed by atoms with Crippen LogP contribution in [0.15, 0.2) is 101 Å². The van der Waals surface area contributed by atoms with E-state index < -0.39 is 9.84 Å². The zero-order valence-electron chi connectivity index (χ0n) is 15.8. The lowest BCUT2D eigenvalue weighted by Crippen LogP contribution is -2.08. The summed E-state index contributed by atoms with van der Waals surface area (Å²) in [5.74, 6) is 0. The first kappa shape index (κ1) is 17.6. The van der Waals surface area contributed by atoms with Crippen molar-refractivity contribution in [2.45, 2.75) is 16.8 Å². The van der Waals surface area contributed by atoms with Crippen LogP contribution < -0.4 is 0 Å². The van der Waals surface area contributed by atoms with Crippen molar-refractivity contribution in [1.29, 1.82) is 0 Å². The molecule has 5 heteroatoms. The first-order valence-electron chi connectivity index (χ1n) is 9.33. The molecular formula is C24H18N2O2S. The topological polar surface area (TPSA) is 51.4 Å². The maximum Gasteiger partial charge on any atom is 0.224 e. The van der Waals surface area contributed by atoms with E-state index in [1.54, 1.807) is 28.7 Å². The van der Waals surface area contributed by atoms with E-state index >= 15 is 0 Å². The molecule has 0 fully saturated rings. The van der Waals surface area contributed by atoms with E-state index in [0.29, 0.717) is 11.3 Å². The van der Waals surface area contributed by atoms with Crippen LogP contribution in [0.4, 0.5) is 0 Å². The van der Waals surface area contributed by atoms with Crippen molar-refractivity contribution in [2.24, 2.45) is 0 Å². The lowest BCUT2D eigenvalue weighted by atomic mass is 10.1. The third kappa shape index (κ3) is 2.82. The van der Waals surface area contributed by atoms with Crippen molar-refractivity contribution >= 4 is 26.3 Å². The van der Waals surface area contributed by atoms with Crippen LogP contribution in [0.5, 0.6) is 0 Å². The fourth-order valence-electron chi connectivity index (χ4n) is 3.71. The molecule has 0 atom stereocenters. The van der Waals surface area contributed by atoms with E-state index in [4.69, 9.17) is 4.98 Å². The molecular weight excluding hydrogens is 380 g/mol. The molecule has 29 heavy (non-hydrogen) atoms. The van der Waals surface area contributed by atoms with Crippen LogP contribution in [0.2, 0.25) is 0 Å². The van der Waals surface area contributed by atoms with Gasteiger partial charge in [-0.2, -0.15) is 0 Å². The third-order valence-electron chi connectivity index (χ3n) is 5.13. The maximum absolute atomic E-state index is 13.7. The predicted molar refractivity (Wildman–Crippen MR) is 115 cm³/mol. The highest BCUT2D eigenvalue weighted by molar-refractivity contribution is 7.91. The molecule has 5 rings (SSSR count). The summed E-state index contributed by atoms with van der Waals surface area (Å²) in [7, 11) is -3.78. The third-order valence-corrected chi connectivity index (χ3v) is 6.91. The first-order chi connectivity index (χ1) is 14.1. The van der Waals surface area contributed by atoms with E-state index in [-0.39, 0.29) is 9.92 Å². The van der Waals surface area contributed by atoms with Gasteiger partial charge >= 0.3 is 0 Å². The number of benzene rings is 3. The lowest BCUT2D eigenvalue weighted by molar-refractivity contribution is 0.591. The number of hydrogen-bond donors (Lipinski definition) is 0. The van der Waals surface area contributed by atoms with Crippen LogP contribution in [0, 0.1) is 6.92 Å². The molecule has 0 N–H and O–H groups in total. The number of aryl methyl sites for hydroxylation is 1. The number of pyridine rings is 1. The average Bonchev–Trinajstić information content (AvgIpc) is 3.16. The zero-order chi connectivity index (χ0) is 20.0. The summed E-state index contributed by atoms with van der Waals surface area (Å²) < 4.78 is 29.0. The summed E-state index contributed by atoms with van der Waals surface area (Å²) in [6.45, 7) is 1.89. The second kappa shape index (κ2) is 6.57. The maximum atomic E-state index is 13.7. The molecule has 0 aliphatic heterocycles. The molecule has 2 aromatic heterocycles. The number of imidazole rings is 1. The SMILES string of the molecule is Cc1cccc2nc(-c3ccc4ccccc4c3)c(S(=O)(=O)c3ccccc3)n12. The van der Waals surface area contributed by atoms with Crippen LogP contribution >= 0.6 is 0 Å². The van der Waals surface area contributed by atoms with Crippen molar-refractivity contribution in [3.05, 3.63) is 96.7 Å². The Kier molecular flexibility index (Phi) is 4.00. The molecule has 3 aromatic carbocycles. The molecule has 0 aliphatic rings. The molecule has 0 unspecified atom stereocenters. The van der Waals surface area contributed by atoms with Gasteiger partial charge in [0.1, 0.15) is 11.3 Å². The van der Waals surface area contributed by atoms with E-state index in [1.165, 1.54) is 0 Å². The van der Waals surface area contributed by atoms with Gasteiger partial charge < -0.3 is 0 Å². The Morgan fingerprint density at radius 2 is 1.48 bits per heavy atom. The molecule has 0 radical (unpaired) electrons. The van der Waals surface area contributed by atoms with Crippen LogP contribution in [-0.4, -0.2) is 17.8 Å². The Morgan fingerprint density at radius 3 is 2.28 bits per heavy atom. The van der Waals surface area contributed by atoms with Gasteiger partial charge in [-0.25, -0.2) is 13.4 Å². The highest BCUT2D eigenvalue weighted by Gasteiger charge is 2.28. The first-order valence-corrected chi connectivity index (χ1v) is 10.8. The van der Waals surface area contributed by atoms with E-state index in [0.717, 1.165) is 22.0 Å². The number of hydrogen-bond acceptors (Lipinski definition) is 3. The predicted octanol–water partition coefficient (Wildman–Crippen LogP) is 5.30. The summed E-state index contributed by atoms with van der Waals surface area (Å²) in [5, 5.41) is 2.34. The minimum absolute atomic E-state index is 0.201. The van der Waals surface area contributed by atoms with Crippen molar-refractivity contribution in [2.75, 3.05) is 0 Å². The number of sulfone groups is 1. The van der Waals surface area contributed by atoms with Crippen LogP contribution in [0.1, 0.15) is 5.69 Å². The molecule has 0 spiro atoms. The Hall–Kier alpha value is -3.44. The minimum Gasteiger partial charge on any atom is -0.287 e. The Labute approximate surface area is 169 Å². The van der Waals surface area contributed by atoms with Gasteiger partial charge in [0.2, 0.25) is 9.84 Å². The van der Waals surface area contributed by atoms with Gasteiger partial charge in [0.25, 0.3) is 0 Å². The van der Waals surface area contributed by atoms with Gasteiger partial charge in [0.05, 0.1) is 4.90 Å². The summed E-state index contributed by atoms with van der Waals surface area (Å²) >= 11 is 0.